The summed E-state index contributed by atoms with van der Waals surface area (Å²) in [6.45, 7) is 2.49. The van der Waals surface area contributed by atoms with Gasteiger partial charge in [-0.3, -0.25) is 9.59 Å². The third kappa shape index (κ3) is 5.40. The summed E-state index contributed by atoms with van der Waals surface area (Å²) in [5.74, 6) is -0.294. The molecule has 7 heteroatoms. The number of halogens is 1. The molecule has 0 aliphatic heterocycles. The molecule has 1 aromatic rings. The van der Waals surface area contributed by atoms with Crippen LogP contribution in [0, 0.1) is 0 Å². The molecule has 19 heavy (non-hydrogen) atoms. The van der Waals surface area contributed by atoms with Gasteiger partial charge in [0.15, 0.2) is 0 Å². The Kier molecular flexibility index (Phi) is 8.02. The molecule has 0 radical (unpaired) electrons. The summed E-state index contributed by atoms with van der Waals surface area (Å²) in [5, 5.41) is 6.71. The molecule has 0 saturated carbocycles. The van der Waals surface area contributed by atoms with E-state index in [1.165, 1.54) is 19.2 Å². The smallest absolute Gasteiger partial charge is 0.271 e. The number of nitrogens with one attached hydrogen (secondary N) is 1. The molecule has 1 atom stereocenters. The van der Waals surface area contributed by atoms with Crippen LogP contribution in [0.2, 0.25) is 0 Å². The molecule has 6 nitrogen and oxygen atoms in total. The van der Waals surface area contributed by atoms with Crippen molar-refractivity contribution in [3.05, 3.63) is 28.2 Å². The highest BCUT2D eigenvalue weighted by molar-refractivity contribution is 5.92. The number of carbonyl (C=O) groups is 1. The average molecular weight is 289 g/mol. The fraction of sp³-hybridized carbons (Fsp3) is 0.583. The number of rotatable bonds is 6. The number of aromatic nitrogens is 2. The fourth-order valence-electron chi connectivity index (χ4n) is 1.58. The summed E-state index contributed by atoms with van der Waals surface area (Å²) in [4.78, 5) is 23.1. The molecule has 0 bridgehead atoms. The van der Waals surface area contributed by atoms with Crippen LogP contribution in [0.25, 0.3) is 0 Å². The maximum atomic E-state index is 11.9. The lowest BCUT2D eigenvalue weighted by Crippen LogP contribution is -2.41. The number of hydrogen-bond acceptors (Lipinski definition) is 4. The molecule has 1 amide bonds. The molecule has 0 aromatic carbocycles. The van der Waals surface area contributed by atoms with Gasteiger partial charge in [0, 0.05) is 25.7 Å². The maximum Gasteiger partial charge on any atom is 0.271 e. The molecule has 108 valence electrons. The van der Waals surface area contributed by atoms with Crippen LogP contribution in [0.15, 0.2) is 16.9 Å². The molecular formula is C12H21ClN4O2. The standard InChI is InChI=1S/C12H20N4O2.ClH/c1-3-4-5-9(8-13)14-12(18)10-6-7-11(17)16(2)15-10;/h6-7,9H,3-5,8,13H2,1-2H3,(H,14,18);1H. The summed E-state index contributed by atoms with van der Waals surface area (Å²) in [5.41, 5.74) is 5.59. The minimum atomic E-state index is -0.294. The number of aryl methyl sites for hydroxylation is 1. The van der Waals surface area contributed by atoms with Crippen molar-refractivity contribution < 1.29 is 4.79 Å². The predicted octanol–water partition coefficient (Wildman–Crippen LogP) is 0.449. The van der Waals surface area contributed by atoms with Gasteiger partial charge >= 0.3 is 0 Å². The zero-order valence-corrected chi connectivity index (χ0v) is 12.1. The van der Waals surface area contributed by atoms with Crippen molar-refractivity contribution in [2.24, 2.45) is 12.8 Å². The summed E-state index contributed by atoms with van der Waals surface area (Å²) in [6.07, 6.45) is 2.93. The number of hydrogen-bond donors (Lipinski definition) is 2. The molecular weight excluding hydrogens is 268 g/mol. The van der Waals surface area contributed by atoms with E-state index in [1.54, 1.807) is 0 Å². The average Bonchev–Trinajstić information content (AvgIpc) is 2.37. The summed E-state index contributed by atoms with van der Waals surface area (Å²) in [7, 11) is 1.51. The van der Waals surface area contributed by atoms with E-state index in [0.29, 0.717) is 6.54 Å². The van der Waals surface area contributed by atoms with E-state index in [4.69, 9.17) is 5.73 Å². The van der Waals surface area contributed by atoms with Gasteiger partial charge < -0.3 is 11.1 Å². The van der Waals surface area contributed by atoms with E-state index in [9.17, 15) is 9.59 Å². The maximum absolute atomic E-state index is 11.9. The van der Waals surface area contributed by atoms with Gasteiger partial charge in [0.2, 0.25) is 0 Å². The molecule has 0 spiro atoms. The van der Waals surface area contributed by atoms with Gasteiger partial charge in [-0.2, -0.15) is 5.10 Å². The molecule has 0 fully saturated rings. The van der Waals surface area contributed by atoms with Gasteiger partial charge in [0.05, 0.1) is 0 Å². The Balaban J connectivity index is 0.00000324. The second-order valence-corrected chi connectivity index (χ2v) is 4.23. The van der Waals surface area contributed by atoms with Gasteiger partial charge in [-0.05, 0) is 12.5 Å². The lowest BCUT2D eigenvalue weighted by molar-refractivity contribution is 0.0928. The van der Waals surface area contributed by atoms with Crippen LogP contribution in [0.4, 0.5) is 0 Å². The van der Waals surface area contributed by atoms with Crippen LogP contribution in [-0.4, -0.2) is 28.3 Å². The Morgan fingerprint density at radius 2 is 2.21 bits per heavy atom. The van der Waals surface area contributed by atoms with Crippen LogP contribution in [0.5, 0.6) is 0 Å². The normalized spacial score (nSPS) is 11.5. The second-order valence-electron chi connectivity index (χ2n) is 4.23. The first-order valence-corrected chi connectivity index (χ1v) is 6.13. The highest BCUT2D eigenvalue weighted by Crippen LogP contribution is 2.00. The fourth-order valence-corrected chi connectivity index (χ4v) is 1.58. The molecule has 1 unspecified atom stereocenters. The predicted molar refractivity (Wildman–Crippen MR) is 76.6 cm³/mol. The van der Waals surface area contributed by atoms with Gasteiger partial charge in [0.1, 0.15) is 5.69 Å². The van der Waals surface area contributed by atoms with Crippen molar-refractivity contribution in [1.29, 1.82) is 0 Å². The first-order chi connectivity index (χ1) is 8.58. The van der Waals surface area contributed by atoms with Gasteiger partial charge in [-0.1, -0.05) is 19.8 Å². The highest BCUT2D eigenvalue weighted by Gasteiger charge is 2.13. The first kappa shape index (κ1) is 17.6. The summed E-state index contributed by atoms with van der Waals surface area (Å²) < 4.78 is 1.14. The van der Waals surface area contributed by atoms with Crippen molar-refractivity contribution >= 4 is 18.3 Å². The van der Waals surface area contributed by atoms with E-state index < -0.39 is 0 Å². The lowest BCUT2D eigenvalue weighted by Gasteiger charge is -2.16. The molecule has 0 aliphatic carbocycles. The largest absolute Gasteiger partial charge is 0.347 e. The molecule has 1 rings (SSSR count). The van der Waals surface area contributed by atoms with Crippen molar-refractivity contribution in [3.8, 4) is 0 Å². The second kappa shape index (κ2) is 8.66. The van der Waals surface area contributed by atoms with Crippen LogP contribution in [0.3, 0.4) is 0 Å². The van der Waals surface area contributed by atoms with Crippen molar-refractivity contribution in [1.82, 2.24) is 15.1 Å². The monoisotopic (exact) mass is 288 g/mol. The molecule has 3 N–H and O–H groups in total. The number of nitrogens with two attached hydrogens (primary N) is 1. The van der Waals surface area contributed by atoms with E-state index in [-0.39, 0.29) is 35.6 Å². The Bertz CT molecular complexity index is 461. The van der Waals surface area contributed by atoms with E-state index in [2.05, 4.69) is 17.3 Å². The molecule has 0 saturated heterocycles. The topological polar surface area (TPSA) is 90.0 Å². The van der Waals surface area contributed by atoms with Crippen LogP contribution in [-0.2, 0) is 7.05 Å². The van der Waals surface area contributed by atoms with Crippen LogP contribution >= 0.6 is 12.4 Å². The molecule has 1 aromatic heterocycles. The highest BCUT2D eigenvalue weighted by atomic mass is 35.5. The Morgan fingerprint density at radius 1 is 1.53 bits per heavy atom. The van der Waals surface area contributed by atoms with Crippen LogP contribution < -0.4 is 16.6 Å². The minimum absolute atomic E-state index is 0. The Morgan fingerprint density at radius 3 is 2.74 bits per heavy atom. The zero-order valence-electron chi connectivity index (χ0n) is 11.3. The Labute approximate surface area is 118 Å². The number of nitrogens with zero attached hydrogens (tertiary/aromatic N) is 2. The lowest BCUT2D eigenvalue weighted by atomic mass is 10.1. The zero-order chi connectivity index (χ0) is 13.5. The van der Waals surface area contributed by atoms with Crippen molar-refractivity contribution in [2.45, 2.75) is 32.2 Å². The van der Waals surface area contributed by atoms with Crippen LogP contribution in [0.1, 0.15) is 36.7 Å². The third-order valence-corrected chi connectivity index (χ3v) is 2.72. The first-order valence-electron chi connectivity index (χ1n) is 6.13. The van der Waals surface area contributed by atoms with Gasteiger partial charge in [0.25, 0.3) is 11.5 Å². The molecule has 0 aliphatic rings. The van der Waals surface area contributed by atoms with E-state index >= 15 is 0 Å². The number of unbranched alkanes of at least 4 members (excludes halogenated alkanes) is 1. The number of carbonyl (C=O) groups excluding carboxylic acids is 1. The van der Waals surface area contributed by atoms with Gasteiger partial charge in [-0.25, -0.2) is 4.68 Å². The third-order valence-electron chi connectivity index (χ3n) is 2.72. The van der Waals surface area contributed by atoms with Crippen molar-refractivity contribution in [3.63, 3.8) is 0 Å². The quantitative estimate of drug-likeness (QED) is 0.795. The summed E-state index contributed by atoms with van der Waals surface area (Å²) in [6, 6.07) is 2.70. The Hall–Kier alpha value is -1.40. The summed E-state index contributed by atoms with van der Waals surface area (Å²) >= 11 is 0. The van der Waals surface area contributed by atoms with Gasteiger partial charge in [-0.15, -0.1) is 12.4 Å². The van der Waals surface area contributed by atoms with Crippen molar-refractivity contribution in [2.75, 3.05) is 6.54 Å². The van der Waals surface area contributed by atoms with E-state index in [0.717, 1.165) is 23.9 Å². The SMILES string of the molecule is CCCCC(CN)NC(=O)c1ccc(=O)n(C)n1.Cl. The molecule has 1 heterocycles. The minimum Gasteiger partial charge on any atom is -0.347 e. The van der Waals surface area contributed by atoms with E-state index in [1.807, 2.05) is 0 Å². The number of amides is 1.